The molecule has 1 fully saturated rings. The maximum atomic E-state index is 14.2. The van der Waals surface area contributed by atoms with Crippen LogP contribution in [0.3, 0.4) is 0 Å². The van der Waals surface area contributed by atoms with E-state index in [9.17, 15) is 23.6 Å². The first kappa shape index (κ1) is 23.5. The molecule has 5 rings (SSSR count). The number of aromatic nitrogens is 2. The fourth-order valence-corrected chi connectivity index (χ4v) is 4.85. The number of rotatable bonds is 5. The molecule has 2 aliphatic rings. The van der Waals surface area contributed by atoms with Crippen molar-refractivity contribution in [2.24, 2.45) is 5.92 Å². The van der Waals surface area contributed by atoms with Gasteiger partial charge in [0.15, 0.2) is 5.78 Å². The Morgan fingerprint density at radius 2 is 1.81 bits per heavy atom. The van der Waals surface area contributed by atoms with Gasteiger partial charge in [0.25, 0.3) is 11.5 Å². The van der Waals surface area contributed by atoms with Crippen molar-refractivity contribution in [3.8, 4) is 0 Å². The second-order valence-electron chi connectivity index (χ2n) is 9.10. The minimum atomic E-state index is -0.786. The molecule has 0 unspecified atom stereocenters. The quantitative estimate of drug-likeness (QED) is 0.573. The van der Waals surface area contributed by atoms with Crippen molar-refractivity contribution < 1.29 is 14.0 Å². The first-order chi connectivity index (χ1) is 17.4. The van der Waals surface area contributed by atoms with Crippen LogP contribution in [0.25, 0.3) is 10.9 Å². The van der Waals surface area contributed by atoms with Crippen LogP contribution in [0.15, 0.2) is 76.1 Å². The number of carbonyl (C=O) groups is 2. The highest BCUT2D eigenvalue weighted by Gasteiger charge is 2.25. The minimum Gasteiger partial charge on any atom is -0.298 e. The van der Waals surface area contributed by atoms with Crippen LogP contribution in [0, 0.1) is 11.7 Å². The number of allylic oxidation sites excluding steroid dienone is 2. The van der Waals surface area contributed by atoms with Gasteiger partial charge in [-0.3, -0.25) is 29.4 Å². The summed E-state index contributed by atoms with van der Waals surface area (Å²) in [6.45, 7) is 0.0277. The number of H-pyrrole nitrogens is 1. The van der Waals surface area contributed by atoms with Crippen LogP contribution >= 0.6 is 0 Å². The number of aromatic amines is 1. The predicted molar refractivity (Wildman–Crippen MR) is 132 cm³/mol. The highest BCUT2D eigenvalue weighted by Crippen LogP contribution is 2.27. The molecule has 1 aliphatic carbocycles. The minimum absolute atomic E-state index is 0.0277. The van der Waals surface area contributed by atoms with Crippen LogP contribution in [0.1, 0.15) is 48.0 Å². The lowest BCUT2D eigenvalue weighted by Crippen LogP contribution is -2.38. The smallest absolute Gasteiger partial charge is 0.298 e. The van der Waals surface area contributed by atoms with E-state index in [-0.39, 0.29) is 35.1 Å². The Hall–Kier alpha value is -4.27. The van der Waals surface area contributed by atoms with Crippen LogP contribution in [0.5, 0.6) is 0 Å². The molecule has 2 heterocycles. The van der Waals surface area contributed by atoms with E-state index in [1.54, 1.807) is 36.5 Å². The molecule has 2 aromatic carbocycles. The van der Waals surface area contributed by atoms with Gasteiger partial charge in [-0.15, -0.1) is 0 Å². The summed E-state index contributed by atoms with van der Waals surface area (Å²) in [6.07, 6.45) is 9.85. The number of hydrogen-bond donors (Lipinski definition) is 2. The van der Waals surface area contributed by atoms with Crippen molar-refractivity contribution in [3.63, 3.8) is 0 Å². The van der Waals surface area contributed by atoms with Gasteiger partial charge in [0.05, 0.1) is 17.4 Å². The number of hydrazine groups is 1. The van der Waals surface area contributed by atoms with Crippen LogP contribution in [-0.2, 0) is 11.3 Å². The highest BCUT2D eigenvalue weighted by molar-refractivity contribution is 6.00. The molecule has 184 valence electrons. The summed E-state index contributed by atoms with van der Waals surface area (Å²) in [6, 6.07) is 10.8. The fourth-order valence-electron chi connectivity index (χ4n) is 4.85. The molecule has 0 radical (unpaired) electrons. The van der Waals surface area contributed by atoms with Crippen LogP contribution in [0.4, 0.5) is 4.39 Å². The summed E-state index contributed by atoms with van der Waals surface area (Å²) >= 11 is 0. The van der Waals surface area contributed by atoms with Crippen molar-refractivity contribution in [2.75, 3.05) is 0 Å². The molecule has 3 aromatic rings. The van der Waals surface area contributed by atoms with Gasteiger partial charge < -0.3 is 0 Å². The number of carbonyl (C=O) groups excluding carboxylic acids is 2. The fraction of sp³-hybridized carbons (Fsp3) is 0.259. The van der Waals surface area contributed by atoms with Gasteiger partial charge in [-0.05, 0) is 48.7 Å². The molecule has 8 nitrogen and oxygen atoms in total. The van der Waals surface area contributed by atoms with Gasteiger partial charge in [-0.25, -0.2) is 14.2 Å². The van der Waals surface area contributed by atoms with Crippen molar-refractivity contribution in [3.05, 3.63) is 104 Å². The van der Waals surface area contributed by atoms with E-state index in [0.29, 0.717) is 16.7 Å². The summed E-state index contributed by atoms with van der Waals surface area (Å²) in [4.78, 5) is 52.6. The van der Waals surface area contributed by atoms with Gasteiger partial charge in [0.2, 0.25) is 0 Å². The third kappa shape index (κ3) is 4.51. The standard InChI is InChI=1S/C27H25FN4O4/c28-21-10-5-11-22-23(21)25(34)30-27(36)31(22)16-17-6-4-9-19(14-17)26(35)32-13-12-20(15-29-32)24(33)18-7-2-1-3-8-18/h4-6,9-15,18,29H,1-3,7-8,16H2,(H,30,34,36). The van der Waals surface area contributed by atoms with E-state index >= 15 is 0 Å². The zero-order valence-electron chi connectivity index (χ0n) is 19.5. The summed E-state index contributed by atoms with van der Waals surface area (Å²) in [7, 11) is 0. The van der Waals surface area contributed by atoms with Gasteiger partial charge in [-0.2, -0.15) is 0 Å². The lowest BCUT2D eigenvalue weighted by Gasteiger charge is -2.25. The lowest BCUT2D eigenvalue weighted by atomic mass is 9.84. The SMILES string of the molecule is O=C(C1=CNN(C(=O)c2cccc(Cn3c(=O)[nH]c(=O)c4c(F)cccc43)c2)C=C1)C1CCCCC1. The summed E-state index contributed by atoms with van der Waals surface area (Å²) < 4.78 is 15.5. The van der Waals surface area contributed by atoms with Gasteiger partial charge in [0, 0.05) is 29.5 Å². The molecule has 1 amide bonds. The van der Waals surface area contributed by atoms with Crippen molar-refractivity contribution >= 4 is 22.6 Å². The molecule has 1 saturated carbocycles. The summed E-state index contributed by atoms with van der Waals surface area (Å²) in [5.74, 6) is -0.930. The average molecular weight is 489 g/mol. The van der Waals surface area contributed by atoms with Gasteiger partial charge in [0.1, 0.15) is 5.82 Å². The Labute approximate surface area is 205 Å². The van der Waals surface area contributed by atoms with Crippen molar-refractivity contribution in [1.82, 2.24) is 20.0 Å². The number of halogens is 1. The molecule has 36 heavy (non-hydrogen) atoms. The average Bonchev–Trinajstić information content (AvgIpc) is 2.91. The topological polar surface area (TPSA) is 104 Å². The molecular weight excluding hydrogens is 463 g/mol. The third-order valence-corrected chi connectivity index (χ3v) is 6.73. The molecule has 1 aliphatic heterocycles. The summed E-state index contributed by atoms with van der Waals surface area (Å²) in [5.41, 5.74) is 3.11. The molecule has 0 spiro atoms. The Morgan fingerprint density at radius 3 is 2.56 bits per heavy atom. The number of nitrogens with one attached hydrogen (secondary N) is 2. The van der Waals surface area contributed by atoms with Crippen molar-refractivity contribution in [2.45, 2.75) is 38.6 Å². The number of benzene rings is 2. The number of ketones is 1. The summed E-state index contributed by atoms with van der Waals surface area (Å²) in [5, 5.41) is 1.09. The number of amides is 1. The zero-order valence-corrected chi connectivity index (χ0v) is 19.5. The Bertz CT molecular complexity index is 1530. The number of Topliss-reactive ketones (excluding diaryl/α,β-unsaturated/α-hetero) is 1. The highest BCUT2D eigenvalue weighted by atomic mass is 19.1. The Morgan fingerprint density at radius 1 is 1.03 bits per heavy atom. The zero-order chi connectivity index (χ0) is 25.2. The first-order valence-electron chi connectivity index (χ1n) is 11.9. The van der Waals surface area contributed by atoms with Crippen LogP contribution < -0.4 is 16.7 Å². The predicted octanol–water partition coefficient (Wildman–Crippen LogP) is 3.38. The maximum Gasteiger partial charge on any atom is 0.329 e. The second kappa shape index (κ2) is 9.77. The third-order valence-electron chi connectivity index (χ3n) is 6.73. The van der Waals surface area contributed by atoms with E-state index in [1.165, 1.54) is 34.3 Å². The maximum absolute atomic E-state index is 14.2. The first-order valence-corrected chi connectivity index (χ1v) is 11.9. The molecule has 0 saturated heterocycles. The van der Waals surface area contributed by atoms with E-state index in [1.807, 2.05) is 0 Å². The molecule has 0 atom stereocenters. The monoisotopic (exact) mass is 488 g/mol. The van der Waals surface area contributed by atoms with E-state index < -0.39 is 17.1 Å². The second-order valence-corrected chi connectivity index (χ2v) is 9.10. The number of fused-ring (bicyclic) bond motifs is 1. The van der Waals surface area contributed by atoms with E-state index in [0.717, 1.165) is 31.7 Å². The molecule has 1 aromatic heterocycles. The van der Waals surface area contributed by atoms with E-state index in [4.69, 9.17) is 0 Å². The molecule has 0 bridgehead atoms. The Kier molecular flexibility index (Phi) is 6.37. The molecule has 9 heteroatoms. The van der Waals surface area contributed by atoms with Crippen LogP contribution in [-0.4, -0.2) is 26.3 Å². The Balaban J connectivity index is 1.34. The number of hydrogen-bond acceptors (Lipinski definition) is 5. The van der Waals surface area contributed by atoms with Gasteiger partial charge >= 0.3 is 5.69 Å². The lowest BCUT2D eigenvalue weighted by molar-refractivity contribution is -0.119. The molecular formula is C27H25FN4O4. The normalized spacial score (nSPS) is 16.0. The van der Waals surface area contributed by atoms with E-state index in [2.05, 4.69) is 10.4 Å². The number of nitrogens with zero attached hydrogens (tertiary/aromatic N) is 2. The largest absolute Gasteiger partial charge is 0.329 e. The van der Waals surface area contributed by atoms with Crippen LogP contribution in [0.2, 0.25) is 0 Å². The van der Waals surface area contributed by atoms with Crippen molar-refractivity contribution in [1.29, 1.82) is 0 Å². The molecule has 2 N–H and O–H groups in total. The van der Waals surface area contributed by atoms with Gasteiger partial charge in [-0.1, -0.05) is 37.5 Å².